The first-order valence-electron chi connectivity index (χ1n) is 10.2. The molecule has 1 unspecified atom stereocenters. The summed E-state index contributed by atoms with van der Waals surface area (Å²) < 4.78 is 0. The van der Waals surface area contributed by atoms with Crippen LogP contribution in [0.4, 0.5) is 5.69 Å². The summed E-state index contributed by atoms with van der Waals surface area (Å²) in [7, 11) is 2.11. The van der Waals surface area contributed by atoms with E-state index >= 15 is 0 Å². The molecule has 0 fully saturated rings. The summed E-state index contributed by atoms with van der Waals surface area (Å²) in [5.41, 5.74) is 6.52. The fourth-order valence-corrected chi connectivity index (χ4v) is 4.55. The molecular formula is C25H26ClN3O. The van der Waals surface area contributed by atoms with Gasteiger partial charge in [0, 0.05) is 29.4 Å². The van der Waals surface area contributed by atoms with Gasteiger partial charge in [0.25, 0.3) is 5.91 Å². The number of rotatable bonds is 3. The molecule has 3 aromatic rings. The number of fused-ring (bicyclic) bond motifs is 2. The van der Waals surface area contributed by atoms with Crippen molar-refractivity contribution in [2.24, 2.45) is 5.10 Å². The lowest BCUT2D eigenvalue weighted by molar-refractivity contribution is 0.0957. The van der Waals surface area contributed by atoms with Gasteiger partial charge in [0.15, 0.2) is 0 Å². The van der Waals surface area contributed by atoms with Crippen molar-refractivity contribution >= 4 is 40.2 Å². The molecule has 1 atom stereocenters. The Bertz CT molecular complexity index is 1150. The highest BCUT2D eigenvalue weighted by Gasteiger charge is 2.34. The Labute approximate surface area is 182 Å². The summed E-state index contributed by atoms with van der Waals surface area (Å²) in [6.45, 7) is 6.74. The molecule has 4 rings (SSSR count). The summed E-state index contributed by atoms with van der Waals surface area (Å²) >= 11 is 6.55. The highest BCUT2D eigenvalue weighted by molar-refractivity contribution is 6.33. The molecule has 0 aromatic heterocycles. The molecule has 3 aromatic carbocycles. The zero-order valence-electron chi connectivity index (χ0n) is 17.7. The van der Waals surface area contributed by atoms with E-state index in [0.717, 1.165) is 28.4 Å². The van der Waals surface area contributed by atoms with Crippen molar-refractivity contribution < 1.29 is 4.79 Å². The van der Waals surface area contributed by atoms with Crippen LogP contribution in [-0.2, 0) is 0 Å². The lowest BCUT2D eigenvalue weighted by Crippen LogP contribution is -2.45. The third-order valence-electron chi connectivity index (χ3n) is 6.16. The first-order chi connectivity index (χ1) is 14.3. The molecule has 1 heterocycles. The average Bonchev–Trinajstić information content (AvgIpc) is 2.72. The Morgan fingerprint density at radius 2 is 1.93 bits per heavy atom. The lowest BCUT2D eigenvalue weighted by Gasteiger charge is -2.45. The van der Waals surface area contributed by atoms with E-state index in [9.17, 15) is 4.79 Å². The van der Waals surface area contributed by atoms with Crippen LogP contribution in [0, 0.1) is 0 Å². The molecule has 0 radical (unpaired) electrons. The molecule has 154 valence electrons. The van der Waals surface area contributed by atoms with Gasteiger partial charge in [0.2, 0.25) is 0 Å². The van der Waals surface area contributed by atoms with Crippen LogP contribution in [0.2, 0.25) is 5.02 Å². The van der Waals surface area contributed by atoms with Gasteiger partial charge in [-0.25, -0.2) is 5.43 Å². The minimum Gasteiger partial charge on any atom is -0.369 e. The SMILES string of the molecule is CC1CC(C)(C)N(C)c2cc(Cl)c(/C=N/NC(=O)c3cccc4ccccc34)cc21. The number of nitrogens with zero attached hydrogens (tertiary/aromatic N) is 2. The van der Waals surface area contributed by atoms with Gasteiger partial charge in [-0.3, -0.25) is 4.79 Å². The Morgan fingerprint density at radius 1 is 1.20 bits per heavy atom. The second-order valence-electron chi connectivity index (χ2n) is 8.63. The second-order valence-corrected chi connectivity index (χ2v) is 9.04. The van der Waals surface area contributed by atoms with Gasteiger partial charge < -0.3 is 4.90 Å². The quantitative estimate of drug-likeness (QED) is 0.419. The van der Waals surface area contributed by atoms with E-state index in [0.29, 0.717) is 16.5 Å². The molecule has 0 saturated heterocycles. The molecular weight excluding hydrogens is 394 g/mol. The van der Waals surface area contributed by atoms with Crippen LogP contribution in [0.25, 0.3) is 10.8 Å². The van der Waals surface area contributed by atoms with Crippen molar-refractivity contribution in [2.45, 2.75) is 38.6 Å². The molecule has 1 N–H and O–H groups in total. The maximum atomic E-state index is 12.7. The van der Waals surface area contributed by atoms with Gasteiger partial charge in [-0.1, -0.05) is 54.9 Å². The molecule has 5 heteroatoms. The number of nitrogens with one attached hydrogen (secondary N) is 1. The Balaban J connectivity index is 1.58. The third-order valence-corrected chi connectivity index (χ3v) is 6.48. The molecule has 4 nitrogen and oxygen atoms in total. The molecule has 0 aliphatic carbocycles. The maximum Gasteiger partial charge on any atom is 0.271 e. The zero-order chi connectivity index (χ0) is 21.5. The van der Waals surface area contributed by atoms with Crippen LogP contribution in [0.5, 0.6) is 0 Å². The zero-order valence-corrected chi connectivity index (χ0v) is 18.5. The largest absolute Gasteiger partial charge is 0.369 e. The van der Waals surface area contributed by atoms with Crippen LogP contribution in [-0.4, -0.2) is 24.7 Å². The first kappa shape index (κ1) is 20.4. The van der Waals surface area contributed by atoms with Crippen molar-refractivity contribution in [1.29, 1.82) is 0 Å². The average molecular weight is 420 g/mol. The molecule has 0 bridgehead atoms. The van der Waals surface area contributed by atoms with E-state index in [2.05, 4.69) is 49.3 Å². The highest BCUT2D eigenvalue weighted by Crippen LogP contribution is 2.44. The van der Waals surface area contributed by atoms with Crippen molar-refractivity contribution in [2.75, 3.05) is 11.9 Å². The second kappa shape index (κ2) is 7.77. The number of carbonyl (C=O) groups is 1. The van der Waals surface area contributed by atoms with Crippen molar-refractivity contribution in [3.8, 4) is 0 Å². The first-order valence-corrected chi connectivity index (χ1v) is 10.5. The normalized spacial score (nSPS) is 17.9. The fraction of sp³-hybridized carbons (Fsp3) is 0.280. The molecule has 1 amide bonds. The van der Waals surface area contributed by atoms with Crippen molar-refractivity contribution in [3.05, 3.63) is 76.3 Å². The fourth-order valence-electron chi connectivity index (χ4n) is 4.35. The smallest absolute Gasteiger partial charge is 0.271 e. The topological polar surface area (TPSA) is 44.7 Å². The Morgan fingerprint density at radius 3 is 2.73 bits per heavy atom. The summed E-state index contributed by atoms with van der Waals surface area (Å²) in [4.78, 5) is 15.0. The summed E-state index contributed by atoms with van der Waals surface area (Å²) in [5.74, 6) is 0.174. The lowest BCUT2D eigenvalue weighted by atomic mass is 9.80. The number of anilines is 1. The monoisotopic (exact) mass is 419 g/mol. The predicted octanol–water partition coefficient (Wildman–Crippen LogP) is 5.98. The van der Waals surface area contributed by atoms with E-state index < -0.39 is 0 Å². The standard InChI is InChI=1S/C25H26ClN3O/c1-16-14-25(2,3)29(4)23-13-22(26)18(12-21(16)23)15-27-28-24(30)20-11-7-9-17-8-5-6-10-19(17)20/h5-13,15-16H,14H2,1-4H3,(H,28,30)/b27-15+. The van der Waals surface area contributed by atoms with E-state index in [1.807, 2.05) is 42.5 Å². The number of carbonyl (C=O) groups excluding carboxylic acids is 1. The molecule has 1 aliphatic rings. The van der Waals surface area contributed by atoms with Crippen LogP contribution in [0.3, 0.4) is 0 Å². The van der Waals surface area contributed by atoms with E-state index in [-0.39, 0.29) is 11.4 Å². The Hall–Kier alpha value is -2.85. The minimum absolute atomic E-state index is 0.0811. The number of hydrogen-bond donors (Lipinski definition) is 1. The van der Waals surface area contributed by atoms with E-state index in [4.69, 9.17) is 11.6 Å². The number of halogens is 1. The van der Waals surface area contributed by atoms with Gasteiger partial charge in [0.1, 0.15) is 0 Å². The summed E-state index contributed by atoms with van der Waals surface area (Å²) in [6, 6.07) is 17.6. The summed E-state index contributed by atoms with van der Waals surface area (Å²) in [6.07, 6.45) is 2.69. The van der Waals surface area contributed by atoms with Crippen LogP contribution >= 0.6 is 11.6 Å². The van der Waals surface area contributed by atoms with E-state index in [1.165, 1.54) is 5.56 Å². The van der Waals surface area contributed by atoms with Crippen LogP contribution in [0.15, 0.2) is 59.7 Å². The summed E-state index contributed by atoms with van der Waals surface area (Å²) in [5, 5.41) is 6.73. The van der Waals surface area contributed by atoms with Gasteiger partial charge in [-0.05, 0) is 60.7 Å². The maximum absolute atomic E-state index is 12.7. The predicted molar refractivity (Wildman–Crippen MR) is 126 cm³/mol. The number of benzene rings is 3. The van der Waals surface area contributed by atoms with Gasteiger partial charge >= 0.3 is 0 Å². The number of amides is 1. The molecule has 30 heavy (non-hydrogen) atoms. The Kier molecular flexibility index (Phi) is 5.29. The van der Waals surface area contributed by atoms with Gasteiger partial charge in [0.05, 0.1) is 11.2 Å². The van der Waals surface area contributed by atoms with E-state index in [1.54, 1.807) is 12.3 Å². The third kappa shape index (κ3) is 3.68. The van der Waals surface area contributed by atoms with Crippen molar-refractivity contribution in [3.63, 3.8) is 0 Å². The van der Waals surface area contributed by atoms with Crippen LogP contribution in [0.1, 0.15) is 54.6 Å². The number of hydrazone groups is 1. The minimum atomic E-state index is -0.244. The highest BCUT2D eigenvalue weighted by atomic mass is 35.5. The molecule has 0 spiro atoms. The van der Waals surface area contributed by atoms with Gasteiger partial charge in [-0.15, -0.1) is 0 Å². The number of hydrogen-bond acceptors (Lipinski definition) is 3. The van der Waals surface area contributed by atoms with Crippen LogP contribution < -0.4 is 10.3 Å². The molecule has 1 aliphatic heterocycles. The van der Waals surface area contributed by atoms with Crippen molar-refractivity contribution in [1.82, 2.24) is 5.43 Å². The van der Waals surface area contributed by atoms with Gasteiger partial charge in [-0.2, -0.15) is 5.10 Å². The molecule has 0 saturated carbocycles.